The van der Waals surface area contributed by atoms with Crippen LogP contribution in [0.15, 0.2) is 12.2 Å². The number of halogens is 8. The molecule has 3 nitrogen and oxygen atoms in total. The van der Waals surface area contributed by atoms with Gasteiger partial charge in [-0.15, -0.1) is 0 Å². The van der Waals surface area contributed by atoms with E-state index >= 15 is 0 Å². The second-order valence-corrected chi connectivity index (χ2v) is 4.77. The highest BCUT2D eigenvalue weighted by Gasteiger charge is 2.74. The monoisotopic (exact) mass is 358 g/mol. The van der Waals surface area contributed by atoms with E-state index in [1.807, 2.05) is 0 Å². The number of ether oxygens (including phenoxy) is 1. The molecule has 0 aromatic rings. The number of aliphatic hydroxyl groups excluding tert-OH is 1. The molecule has 1 N–H and O–H groups in total. The first-order chi connectivity index (χ1) is 10.2. The summed E-state index contributed by atoms with van der Waals surface area (Å²) in [5.41, 5.74) is -0.0920. The first-order valence-corrected chi connectivity index (χ1v) is 6.09. The molecule has 0 fully saturated rings. The molecule has 0 saturated heterocycles. The average Bonchev–Trinajstić information content (AvgIpc) is 2.41. The van der Waals surface area contributed by atoms with Gasteiger partial charge in [-0.05, 0) is 13.3 Å². The Hall–Kier alpha value is -1.39. The van der Waals surface area contributed by atoms with Crippen LogP contribution in [0.4, 0.5) is 35.1 Å². The maximum Gasteiger partial charge on any atom is 0.377 e. The van der Waals surface area contributed by atoms with Crippen molar-refractivity contribution in [3.8, 4) is 0 Å². The highest BCUT2D eigenvalue weighted by molar-refractivity contribution is 5.86. The van der Waals surface area contributed by atoms with Gasteiger partial charge in [0.2, 0.25) is 0 Å². The Kier molecular flexibility index (Phi) is 7.00. The van der Waals surface area contributed by atoms with Gasteiger partial charge in [0.15, 0.2) is 0 Å². The lowest BCUT2D eigenvalue weighted by Gasteiger charge is -2.32. The molecule has 0 heterocycles. The maximum absolute atomic E-state index is 13.1. The van der Waals surface area contributed by atoms with E-state index < -0.39 is 55.7 Å². The fourth-order valence-corrected chi connectivity index (χ4v) is 1.26. The van der Waals surface area contributed by atoms with Gasteiger partial charge in [-0.1, -0.05) is 6.58 Å². The van der Waals surface area contributed by atoms with Crippen LogP contribution in [0.25, 0.3) is 0 Å². The molecule has 0 amide bonds. The van der Waals surface area contributed by atoms with Crippen molar-refractivity contribution in [3.05, 3.63) is 12.2 Å². The fraction of sp³-hybridized carbons (Fsp3) is 0.750. The van der Waals surface area contributed by atoms with Crippen LogP contribution in [0.3, 0.4) is 0 Å². The van der Waals surface area contributed by atoms with Gasteiger partial charge in [0.1, 0.15) is 6.61 Å². The minimum Gasteiger partial charge on any atom is -0.460 e. The molecule has 0 aliphatic carbocycles. The molecule has 0 aliphatic rings. The lowest BCUT2D eigenvalue weighted by molar-refractivity contribution is -0.340. The van der Waals surface area contributed by atoms with Gasteiger partial charge in [0.05, 0.1) is 6.10 Å². The normalized spacial score (nSPS) is 14.7. The maximum atomic E-state index is 13.1. The second kappa shape index (κ2) is 7.45. The summed E-state index contributed by atoms with van der Waals surface area (Å²) in [7, 11) is 0. The number of carbonyl (C=O) groups excluding carboxylic acids is 1. The summed E-state index contributed by atoms with van der Waals surface area (Å²) >= 11 is 0. The number of alkyl halides is 8. The van der Waals surface area contributed by atoms with Crippen LogP contribution in [0, 0.1) is 0 Å². The van der Waals surface area contributed by atoms with Gasteiger partial charge in [0.25, 0.3) is 0 Å². The molecule has 23 heavy (non-hydrogen) atoms. The van der Waals surface area contributed by atoms with Crippen LogP contribution in [0.2, 0.25) is 0 Å². The average molecular weight is 358 g/mol. The Bertz CT molecular complexity index is 436. The zero-order valence-electron chi connectivity index (χ0n) is 11.8. The summed E-state index contributed by atoms with van der Waals surface area (Å²) in [6, 6.07) is 0. The van der Waals surface area contributed by atoms with E-state index in [2.05, 4.69) is 11.3 Å². The summed E-state index contributed by atoms with van der Waals surface area (Å²) in [5, 5.41) is 9.20. The summed E-state index contributed by atoms with van der Waals surface area (Å²) in [6.07, 6.45) is -10.1. The predicted octanol–water partition coefficient (Wildman–Crippen LogP) is 3.42. The zero-order valence-corrected chi connectivity index (χ0v) is 11.8. The molecule has 0 aromatic heterocycles. The van der Waals surface area contributed by atoms with E-state index in [0.717, 1.165) is 0 Å². The third kappa shape index (κ3) is 5.05. The lowest BCUT2D eigenvalue weighted by atomic mass is 9.99. The molecule has 0 radical (unpaired) electrons. The van der Waals surface area contributed by atoms with Gasteiger partial charge >= 0.3 is 30.2 Å². The highest BCUT2D eigenvalue weighted by atomic mass is 19.4. The van der Waals surface area contributed by atoms with Crippen molar-refractivity contribution in [2.45, 2.75) is 50.1 Å². The van der Waals surface area contributed by atoms with Crippen LogP contribution in [0.5, 0.6) is 0 Å². The Labute approximate surface area is 125 Å². The second-order valence-electron chi connectivity index (χ2n) is 4.77. The number of rotatable bonds is 9. The molecule has 0 spiro atoms. The molecule has 1 atom stereocenters. The molecular weight excluding hydrogens is 344 g/mol. The third-order valence-corrected chi connectivity index (χ3v) is 2.70. The molecule has 0 rings (SSSR count). The molecule has 0 saturated carbocycles. The first-order valence-electron chi connectivity index (χ1n) is 6.09. The molecule has 0 bridgehead atoms. The van der Waals surface area contributed by atoms with Crippen molar-refractivity contribution < 1.29 is 49.8 Å². The Morgan fingerprint density at radius 3 is 2.04 bits per heavy atom. The van der Waals surface area contributed by atoms with E-state index in [9.17, 15) is 45.0 Å². The van der Waals surface area contributed by atoms with Crippen molar-refractivity contribution in [1.29, 1.82) is 0 Å². The zero-order chi connectivity index (χ0) is 18.6. The fourth-order valence-electron chi connectivity index (χ4n) is 1.26. The van der Waals surface area contributed by atoms with Crippen LogP contribution in [-0.4, -0.2) is 48.0 Å². The Morgan fingerprint density at radius 1 is 1.17 bits per heavy atom. The molecule has 11 heteroatoms. The molecule has 0 aromatic carbocycles. The van der Waals surface area contributed by atoms with Crippen molar-refractivity contribution in [2.75, 3.05) is 6.61 Å². The SMILES string of the molecule is C=C(C)C(=O)OCC(O)CCC(F)(F)C(F)(F)C(F)(F)C(F)F. The van der Waals surface area contributed by atoms with Gasteiger partial charge < -0.3 is 9.84 Å². The molecule has 0 aliphatic heterocycles. The van der Waals surface area contributed by atoms with Gasteiger partial charge in [-0.3, -0.25) is 0 Å². The summed E-state index contributed by atoms with van der Waals surface area (Å²) in [4.78, 5) is 10.9. The number of hydrogen-bond acceptors (Lipinski definition) is 3. The minimum atomic E-state index is -6.32. The molecule has 1 unspecified atom stereocenters. The predicted molar refractivity (Wildman–Crippen MR) is 61.9 cm³/mol. The van der Waals surface area contributed by atoms with Crippen LogP contribution in [0.1, 0.15) is 19.8 Å². The van der Waals surface area contributed by atoms with Crippen LogP contribution in [-0.2, 0) is 9.53 Å². The van der Waals surface area contributed by atoms with Gasteiger partial charge in [-0.2, -0.15) is 26.3 Å². The largest absolute Gasteiger partial charge is 0.460 e. The van der Waals surface area contributed by atoms with Crippen LogP contribution >= 0.6 is 0 Å². The highest BCUT2D eigenvalue weighted by Crippen LogP contribution is 2.50. The number of carbonyl (C=O) groups is 1. The topological polar surface area (TPSA) is 46.5 Å². The lowest BCUT2D eigenvalue weighted by Crippen LogP contribution is -2.57. The third-order valence-electron chi connectivity index (χ3n) is 2.70. The van der Waals surface area contributed by atoms with Crippen molar-refractivity contribution in [3.63, 3.8) is 0 Å². The summed E-state index contributed by atoms with van der Waals surface area (Å²) < 4.78 is 105. The van der Waals surface area contributed by atoms with E-state index in [1.165, 1.54) is 6.92 Å². The van der Waals surface area contributed by atoms with E-state index in [1.54, 1.807) is 0 Å². The smallest absolute Gasteiger partial charge is 0.377 e. The van der Waals surface area contributed by atoms with Crippen LogP contribution < -0.4 is 0 Å². The van der Waals surface area contributed by atoms with Gasteiger partial charge in [-0.25, -0.2) is 13.6 Å². The quantitative estimate of drug-likeness (QED) is 0.390. The summed E-state index contributed by atoms with van der Waals surface area (Å²) in [5.74, 6) is -19.1. The molecule has 136 valence electrons. The Morgan fingerprint density at radius 2 is 1.65 bits per heavy atom. The minimum absolute atomic E-state index is 0.0920. The Balaban J connectivity index is 4.75. The molecular formula is C12H14F8O3. The van der Waals surface area contributed by atoms with E-state index in [-0.39, 0.29) is 5.57 Å². The summed E-state index contributed by atoms with van der Waals surface area (Å²) in [6.45, 7) is 3.52. The number of hydrogen-bond donors (Lipinski definition) is 1. The van der Waals surface area contributed by atoms with Crippen molar-refractivity contribution in [2.24, 2.45) is 0 Å². The first kappa shape index (κ1) is 21.6. The standard InChI is InChI=1S/C12H14F8O3/c1-6(2)8(22)23-5-7(21)3-4-10(15,16)12(19,20)11(17,18)9(13)14/h7,9,21H,1,3-5H2,2H3. The number of esters is 1. The van der Waals surface area contributed by atoms with E-state index in [0.29, 0.717) is 0 Å². The number of aliphatic hydroxyl groups is 1. The van der Waals surface area contributed by atoms with Gasteiger partial charge in [0, 0.05) is 12.0 Å². The van der Waals surface area contributed by atoms with E-state index in [4.69, 9.17) is 0 Å². The van der Waals surface area contributed by atoms with Crippen molar-refractivity contribution in [1.82, 2.24) is 0 Å². The van der Waals surface area contributed by atoms with Crippen molar-refractivity contribution >= 4 is 5.97 Å².